The Morgan fingerprint density at radius 3 is 2.59 bits per heavy atom. The Kier molecular flexibility index (Phi) is 6.08. The highest BCUT2D eigenvalue weighted by atomic mass is 16.2. The first kappa shape index (κ1) is 21.7. The van der Waals surface area contributed by atoms with Crippen molar-refractivity contribution in [3.05, 3.63) is 72.3 Å². The van der Waals surface area contributed by atoms with E-state index in [-0.39, 0.29) is 11.8 Å². The van der Waals surface area contributed by atoms with E-state index >= 15 is 0 Å². The number of carbonyl (C=O) groups excluding carboxylic acids is 2. The minimum atomic E-state index is -0.686. The molecule has 1 fully saturated rings. The van der Waals surface area contributed by atoms with Gasteiger partial charge in [-0.05, 0) is 42.5 Å². The summed E-state index contributed by atoms with van der Waals surface area (Å²) in [5.74, 6) is -0.0258. The molecule has 1 atom stereocenters. The number of aryl methyl sites for hydroxylation is 1. The molecule has 3 aromatic rings. The first-order chi connectivity index (χ1) is 15.4. The second-order valence-corrected chi connectivity index (χ2v) is 8.73. The Morgan fingerprint density at radius 1 is 1.09 bits per heavy atom. The molecule has 0 bridgehead atoms. The predicted molar refractivity (Wildman–Crippen MR) is 123 cm³/mol. The lowest BCUT2D eigenvalue weighted by atomic mass is 9.73. The molecule has 0 saturated carbocycles. The van der Waals surface area contributed by atoms with Gasteiger partial charge in [0.15, 0.2) is 0 Å². The molecule has 32 heavy (non-hydrogen) atoms. The molecule has 4 rings (SSSR count). The summed E-state index contributed by atoms with van der Waals surface area (Å²) in [6, 6.07) is 13.8. The van der Waals surface area contributed by atoms with Crippen molar-refractivity contribution in [2.45, 2.75) is 19.3 Å². The van der Waals surface area contributed by atoms with Crippen LogP contribution in [0, 0.1) is 5.41 Å². The molecule has 1 saturated heterocycles. The second-order valence-electron chi connectivity index (χ2n) is 8.73. The predicted octanol–water partition coefficient (Wildman–Crippen LogP) is 3.04. The van der Waals surface area contributed by atoms with E-state index in [1.165, 1.54) is 0 Å². The van der Waals surface area contributed by atoms with E-state index in [2.05, 4.69) is 22.2 Å². The van der Waals surface area contributed by atoms with Gasteiger partial charge in [-0.1, -0.05) is 30.3 Å². The van der Waals surface area contributed by atoms with Gasteiger partial charge in [-0.2, -0.15) is 5.10 Å². The highest BCUT2D eigenvalue weighted by Crippen LogP contribution is 2.38. The SMILES string of the molecule is CN(C)C(=O)C1(Cc2ccccc2-c2cccnc2)CCCN(C(=O)c2ccnn2C)C1. The van der Waals surface area contributed by atoms with Gasteiger partial charge in [-0.15, -0.1) is 0 Å². The van der Waals surface area contributed by atoms with Gasteiger partial charge in [0, 0.05) is 58.4 Å². The molecule has 166 valence electrons. The molecule has 0 spiro atoms. The van der Waals surface area contributed by atoms with E-state index in [1.807, 2.05) is 35.4 Å². The maximum Gasteiger partial charge on any atom is 0.272 e. The lowest BCUT2D eigenvalue weighted by Crippen LogP contribution is -2.54. The van der Waals surface area contributed by atoms with Crippen LogP contribution < -0.4 is 0 Å². The summed E-state index contributed by atoms with van der Waals surface area (Å²) in [6.45, 7) is 1.02. The summed E-state index contributed by atoms with van der Waals surface area (Å²) in [4.78, 5) is 34.5. The Balaban J connectivity index is 1.70. The molecule has 2 aromatic heterocycles. The van der Waals surface area contributed by atoms with E-state index in [0.717, 1.165) is 29.5 Å². The summed E-state index contributed by atoms with van der Waals surface area (Å²) >= 11 is 0. The highest BCUT2D eigenvalue weighted by Gasteiger charge is 2.45. The molecule has 7 nitrogen and oxygen atoms in total. The standard InChI is InChI=1S/C25H29N5O2/c1-28(2)24(32)25(12-7-15-30(18-25)23(31)22-11-14-27-29(22)3)16-19-8-4-5-10-21(19)20-9-6-13-26-17-20/h4-6,8-11,13-14,17H,7,12,15-16,18H2,1-3H3. The minimum Gasteiger partial charge on any atom is -0.348 e. The summed E-state index contributed by atoms with van der Waals surface area (Å²) < 4.78 is 1.59. The van der Waals surface area contributed by atoms with E-state index in [4.69, 9.17) is 0 Å². The molecule has 0 radical (unpaired) electrons. The van der Waals surface area contributed by atoms with Gasteiger partial charge in [0.2, 0.25) is 5.91 Å². The van der Waals surface area contributed by atoms with Crippen molar-refractivity contribution in [1.29, 1.82) is 0 Å². The molecule has 3 heterocycles. The number of piperidine rings is 1. The lowest BCUT2D eigenvalue weighted by Gasteiger charge is -2.43. The largest absolute Gasteiger partial charge is 0.348 e. The molecule has 0 N–H and O–H groups in total. The summed E-state index contributed by atoms with van der Waals surface area (Å²) in [5.41, 5.74) is 3.03. The fraction of sp³-hybridized carbons (Fsp3) is 0.360. The number of aromatic nitrogens is 3. The third-order valence-electron chi connectivity index (χ3n) is 6.28. The summed E-state index contributed by atoms with van der Waals surface area (Å²) in [7, 11) is 5.34. The van der Waals surface area contributed by atoms with Crippen molar-refractivity contribution < 1.29 is 9.59 Å². The smallest absolute Gasteiger partial charge is 0.272 e. The van der Waals surface area contributed by atoms with Crippen LogP contribution in [0.25, 0.3) is 11.1 Å². The fourth-order valence-corrected chi connectivity index (χ4v) is 4.76. The fourth-order valence-electron chi connectivity index (χ4n) is 4.76. The molecule has 1 unspecified atom stereocenters. The molecular formula is C25H29N5O2. The van der Waals surface area contributed by atoms with Gasteiger partial charge < -0.3 is 9.80 Å². The van der Waals surface area contributed by atoms with Crippen LogP contribution in [0.15, 0.2) is 61.1 Å². The van der Waals surface area contributed by atoms with Crippen LogP contribution >= 0.6 is 0 Å². The average molecular weight is 432 g/mol. The highest BCUT2D eigenvalue weighted by molar-refractivity contribution is 5.93. The average Bonchev–Trinajstić information content (AvgIpc) is 3.25. The molecule has 7 heteroatoms. The maximum absolute atomic E-state index is 13.6. The van der Waals surface area contributed by atoms with Gasteiger partial charge in [-0.25, -0.2) is 0 Å². The van der Waals surface area contributed by atoms with Crippen molar-refractivity contribution in [1.82, 2.24) is 24.6 Å². The van der Waals surface area contributed by atoms with Gasteiger partial charge in [0.25, 0.3) is 5.91 Å². The van der Waals surface area contributed by atoms with Crippen LogP contribution in [-0.2, 0) is 18.3 Å². The van der Waals surface area contributed by atoms with Crippen LogP contribution in [0.1, 0.15) is 28.9 Å². The van der Waals surface area contributed by atoms with Crippen LogP contribution in [0.5, 0.6) is 0 Å². The van der Waals surface area contributed by atoms with Crippen LogP contribution in [-0.4, -0.2) is 63.6 Å². The maximum atomic E-state index is 13.6. The zero-order valence-electron chi connectivity index (χ0n) is 18.9. The number of hydrogen-bond donors (Lipinski definition) is 0. The van der Waals surface area contributed by atoms with Gasteiger partial charge >= 0.3 is 0 Å². The Morgan fingerprint density at radius 2 is 1.91 bits per heavy atom. The van der Waals surface area contributed by atoms with Crippen molar-refractivity contribution >= 4 is 11.8 Å². The Labute approximate surface area is 188 Å². The van der Waals surface area contributed by atoms with Crippen LogP contribution in [0.2, 0.25) is 0 Å². The zero-order chi connectivity index (χ0) is 22.7. The monoisotopic (exact) mass is 431 g/mol. The zero-order valence-corrected chi connectivity index (χ0v) is 18.9. The number of carbonyl (C=O) groups is 2. The number of pyridine rings is 1. The van der Waals surface area contributed by atoms with Crippen molar-refractivity contribution in [3.63, 3.8) is 0 Å². The molecule has 1 aromatic carbocycles. The number of likely N-dealkylation sites (tertiary alicyclic amines) is 1. The van der Waals surface area contributed by atoms with Crippen molar-refractivity contribution in [2.24, 2.45) is 12.5 Å². The summed E-state index contributed by atoms with van der Waals surface area (Å²) in [6.07, 6.45) is 7.30. The minimum absolute atomic E-state index is 0.0565. The van der Waals surface area contributed by atoms with E-state index in [0.29, 0.717) is 25.2 Å². The van der Waals surface area contributed by atoms with Crippen molar-refractivity contribution in [2.75, 3.05) is 27.2 Å². The lowest BCUT2D eigenvalue weighted by molar-refractivity contribution is -0.142. The number of benzene rings is 1. The quantitative estimate of drug-likeness (QED) is 0.623. The van der Waals surface area contributed by atoms with Gasteiger partial charge in [-0.3, -0.25) is 19.3 Å². The molecular weight excluding hydrogens is 402 g/mol. The van der Waals surface area contributed by atoms with E-state index < -0.39 is 5.41 Å². The second kappa shape index (κ2) is 8.94. The van der Waals surface area contributed by atoms with Gasteiger partial charge in [0.05, 0.1) is 5.41 Å². The third-order valence-corrected chi connectivity index (χ3v) is 6.28. The number of hydrogen-bond acceptors (Lipinski definition) is 4. The first-order valence-corrected chi connectivity index (χ1v) is 10.9. The number of amides is 2. The Bertz CT molecular complexity index is 1110. The number of nitrogens with zero attached hydrogens (tertiary/aromatic N) is 5. The van der Waals surface area contributed by atoms with Crippen LogP contribution in [0.4, 0.5) is 0 Å². The third kappa shape index (κ3) is 4.15. The molecule has 1 aliphatic heterocycles. The first-order valence-electron chi connectivity index (χ1n) is 10.9. The molecule has 2 amide bonds. The van der Waals surface area contributed by atoms with E-state index in [9.17, 15) is 9.59 Å². The summed E-state index contributed by atoms with van der Waals surface area (Å²) in [5, 5.41) is 4.13. The topological polar surface area (TPSA) is 71.3 Å². The van der Waals surface area contributed by atoms with E-state index in [1.54, 1.807) is 49.2 Å². The van der Waals surface area contributed by atoms with Crippen molar-refractivity contribution in [3.8, 4) is 11.1 Å². The number of rotatable bonds is 5. The van der Waals surface area contributed by atoms with Crippen LogP contribution in [0.3, 0.4) is 0 Å². The normalized spacial score (nSPS) is 18.4. The molecule has 1 aliphatic rings. The molecule has 0 aliphatic carbocycles. The van der Waals surface area contributed by atoms with Gasteiger partial charge in [0.1, 0.15) is 5.69 Å². The Hall–Kier alpha value is -3.48.